The van der Waals surface area contributed by atoms with E-state index in [0.717, 1.165) is 37.7 Å². The molecule has 0 radical (unpaired) electrons. The number of thiophene rings is 1. The van der Waals surface area contributed by atoms with Crippen molar-refractivity contribution in [2.45, 2.75) is 52.1 Å². The summed E-state index contributed by atoms with van der Waals surface area (Å²) in [5.41, 5.74) is 1.13. The molecule has 1 amide bonds. The monoisotopic (exact) mass is 473 g/mol. The minimum Gasteiger partial charge on any atom is -0.356 e. The van der Waals surface area contributed by atoms with Gasteiger partial charge in [-0.2, -0.15) is 0 Å². The summed E-state index contributed by atoms with van der Waals surface area (Å²) in [6, 6.07) is 9.24. The number of rotatable bonds is 7. The van der Waals surface area contributed by atoms with Crippen molar-refractivity contribution in [3.63, 3.8) is 0 Å². The van der Waals surface area contributed by atoms with Crippen LogP contribution in [0.1, 0.15) is 44.6 Å². The van der Waals surface area contributed by atoms with Crippen LogP contribution in [0.4, 0.5) is 0 Å². The van der Waals surface area contributed by atoms with E-state index in [9.17, 15) is 14.4 Å². The van der Waals surface area contributed by atoms with Crippen molar-refractivity contribution < 1.29 is 4.79 Å². The van der Waals surface area contributed by atoms with E-state index in [4.69, 9.17) is 11.6 Å². The highest BCUT2D eigenvalue weighted by molar-refractivity contribution is 7.17. The zero-order chi connectivity index (χ0) is 22.7. The van der Waals surface area contributed by atoms with Crippen molar-refractivity contribution in [1.82, 2.24) is 14.5 Å². The number of nitrogens with one attached hydrogen (secondary N) is 1. The van der Waals surface area contributed by atoms with Gasteiger partial charge >= 0.3 is 5.69 Å². The maximum Gasteiger partial charge on any atom is 0.331 e. The third-order valence-electron chi connectivity index (χ3n) is 6.30. The number of carbonyl (C=O) groups is 1. The van der Waals surface area contributed by atoms with Gasteiger partial charge in [0.2, 0.25) is 5.91 Å². The molecule has 4 rings (SSSR count). The Morgan fingerprint density at radius 1 is 1.09 bits per heavy atom. The summed E-state index contributed by atoms with van der Waals surface area (Å²) in [6.45, 7) is 3.53. The molecule has 1 saturated carbocycles. The molecule has 1 aliphatic rings. The Bertz CT molecular complexity index is 1200. The molecule has 1 N–H and O–H groups in total. The predicted octanol–water partition coefficient (Wildman–Crippen LogP) is 4.26. The zero-order valence-electron chi connectivity index (χ0n) is 18.2. The highest BCUT2D eigenvalue weighted by atomic mass is 35.5. The Hall–Kier alpha value is -2.38. The lowest BCUT2D eigenvalue weighted by Crippen LogP contribution is -2.42. The van der Waals surface area contributed by atoms with Gasteiger partial charge in [0.05, 0.1) is 12.1 Å². The number of hydrogen-bond acceptors (Lipinski definition) is 4. The van der Waals surface area contributed by atoms with Gasteiger partial charge in [0, 0.05) is 24.0 Å². The summed E-state index contributed by atoms with van der Waals surface area (Å²) in [6.07, 6.45) is 4.22. The van der Waals surface area contributed by atoms with E-state index >= 15 is 0 Å². The van der Waals surface area contributed by atoms with E-state index in [2.05, 4.69) is 5.32 Å². The Labute approximate surface area is 195 Å². The molecule has 0 unspecified atom stereocenters. The van der Waals surface area contributed by atoms with E-state index in [-0.39, 0.29) is 29.0 Å². The van der Waals surface area contributed by atoms with Crippen molar-refractivity contribution in [3.8, 4) is 0 Å². The molecule has 2 heterocycles. The van der Waals surface area contributed by atoms with Gasteiger partial charge in [-0.05, 0) is 67.2 Å². The van der Waals surface area contributed by atoms with Crippen molar-refractivity contribution in [1.29, 1.82) is 0 Å². The maximum absolute atomic E-state index is 13.4. The van der Waals surface area contributed by atoms with E-state index in [1.54, 1.807) is 16.7 Å². The summed E-state index contributed by atoms with van der Waals surface area (Å²) in [7, 11) is 0. The average Bonchev–Trinajstić information content (AvgIpc) is 3.29. The molecule has 170 valence electrons. The van der Waals surface area contributed by atoms with Gasteiger partial charge in [-0.15, -0.1) is 11.3 Å². The first-order chi connectivity index (χ1) is 15.5. The number of carbonyl (C=O) groups excluding carboxylic acids is 1. The Kier molecular flexibility index (Phi) is 7.16. The second-order valence-corrected chi connectivity index (χ2v) is 9.91. The normalized spacial score (nSPS) is 18.7. The molecule has 1 fully saturated rings. The lowest BCUT2D eigenvalue weighted by Gasteiger charge is -2.28. The minimum absolute atomic E-state index is 0.0378. The molecule has 8 heteroatoms. The third kappa shape index (κ3) is 4.84. The highest BCUT2D eigenvalue weighted by Crippen LogP contribution is 2.30. The number of amides is 1. The van der Waals surface area contributed by atoms with Crippen LogP contribution in [-0.4, -0.2) is 21.6 Å². The van der Waals surface area contributed by atoms with Crippen LogP contribution >= 0.6 is 22.9 Å². The lowest BCUT2D eigenvalue weighted by atomic mass is 9.81. The van der Waals surface area contributed by atoms with E-state index < -0.39 is 0 Å². The van der Waals surface area contributed by atoms with Gasteiger partial charge < -0.3 is 5.32 Å². The number of nitrogens with zero attached hydrogens (tertiary/aromatic N) is 2. The van der Waals surface area contributed by atoms with Crippen LogP contribution in [-0.2, 0) is 17.9 Å². The van der Waals surface area contributed by atoms with E-state index in [1.807, 2.05) is 30.5 Å². The van der Waals surface area contributed by atoms with E-state index in [1.165, 1.54) is 15.9 Å². The topological polar surface area (TPSA) is 73.1 Å². The second-order valence-electron chi connectivity index (χ2n) is 8.55. The van der Waals surface area contributed by atoms with E-state index in [0.29, 0.717) is 34.9 Å². The molecule has 6 nitrogen and oxygen atoms in total. The van der Waals surface area contributed by atoms with Gasteiger partial charge in [0.25, 0.3) is 5.56 Å². The van der Waals surface area contributed by atoms with Crippen molar-refractivity contribution in [2.75, 3.05) is 6.54 Å². The van der Waals surface area contributed by atoms with Crippen LogP contribution in [0.2, 0.25) is 5.02 Å². The molecule has 1 aliphatic carbocycles. The molecular weight excluding hydrogens is 446 g/mol. The summed E-state index contributed by atoms with van der Waals surface area (Å²) in [5.74, 6) is 0.390. The number of halogens is 1. The summed E-state index contributed by atoms with van der Waals surface area (Å²) in [4.78, 5) is 38.7. The largest absolute Gasteiger partial charge is 0.356 e. The number of aromatic nitrogens is 2. The first-order valence-corrected chi connectivity index (χ1v) is 12.5. The number of hydrogen-bond donors (Lipinski definition) is 1. The van der Waals surface area contributed by atoms with Crippen LogP contribution in [0.25, 0.3) is 10.2 Å². The average molecular weight is 474 g/mol. The highest BCUT2D eigenvalue weighted by Gasteiger charge is 2.27. The van der Waals surface area contributed by atoms with Crippen LogP contribution in [0, 0.1) is 11.8 Å². The van der Waals surface area contributed by atoms with Gasteiger partial charge in [0.15, 0.2) is 0 Å². The Morgan fingerprint density at radius 3 is 2.50 bits per heavy atom. The molecule has 3 aromatic rings. The molecule has 32 heavy (non-hydrogen) atoms. The molecule has 0 atom stereocenters. The predicted molar refractivity (Wildman–Crippen MR) is 130 cm³/mol. The first-order valence-electron chi connectivity index (χ1n) is 11.2. The number of fused-ring (bicyclic) bond motifs is 1. The molecule has 2 aromatic heterocycles. The van der Waals surface area contributed by atoms with Crippen LogP contribution in [0.15, 0.2) is 45.3 Å². The maximum atomic E-state index is 13.4. The van der Waals surface area contributed by atoms with Gasteiger partial charge in [-0.25, -0.2) is 4.79 Å². The fraction of sp³-hybridized carbons (Fsp3) is 0.458. The fourth-order valence-corrected chi connectivity index (χ4v) is 5.45. The van der Waals surface area contributed by atoms with Crippen molar-refractivity contribution in [2.24, 2.45) is 11.8 Å². The van der Waals surface area contributed by atoms with Gasteiger partial charge in [-0.1, -0.05) is 30.7 Å². The van der Waals surface area contributed by atoms with Crippen LogP contribution in [0.3, 0.4) is 0 Å². The molecule has 0 saturated heterocycles. The van der Waals surface area contributed by atoms with Crippen molar-refractivity contribution in [3.05, 3.63) is 67.1 Å². The Balaban J connectivity index is 1.56. The quantitative estimate of drug-likeness (QED) is 0.557. The summed E-state index contributed by atoms with van der Waals surface area (Å²) in [5, 5.41) is 5.48. The van der Waals surface area contributed by atoms with Gasteiger partial charge in [0.1, 0.15) is 4.70 Å². The number of benzene rings is 1. The SMILES string of the molecule is CCCNC(=O)C1CCC(Cn2c(=O)c3sccc3n(Cc3ccc(Cl)cc3)c2=O)CC1. The summed E-state index contributed by atoms with van der Waals surface area (Å²) >= 11 is 7.37. The Morgan fingerprint density at radius 2 is 1.81 bits per heavy atom. The molecule has 0 aliphatic heterocycles. The van der Waals surface area contributed by atoms with Gasteiger partial charge in [-0.3, -0.25) is 18.7 Å². The molecular formula is C24H28ClN3O3S. The lowest BCUT2D eigenvalue weighted by molar-refractivity contribution is -0.126. The summed E-state index contributed by atoms with van der Waals surface area (Å²) < 4.78 is 3.68. The second kappa shape index (κ2) is 10.0. The van der Waals surface area contributed by atoms with Crippen LogP contribution < -0.4 is 16.6 Å². The minimum atomic E-state index is -0.279. The standard InChI is InChI=1S/C24H28ClN3O3S/c1-2-12-26-22(29)18-7-3-16(4-8-18)15-28-23(30)21-20(11-13-32-21)27(24(28)31)14-17-5-9-19(25)10-6-17/h5-6,9-11,13,16,18H,2-4,7-8,12,14-15H2,1H3,(H,26,29). The molecule has 0 bridgehead atoms. The molecule has 1 aromatic carbocycles. The van der Waals surface area contributed by atoms with Crippen molar-refractivity contribution >= 4 is 39.1 Å². The van der Waals surface area contributed by atoms with Crippen LogP contribution in [0.5, 0.6) is 0 Å². The first kappa shape index (κ1) is 22.8. The molecule has 0 spiro atoms. The zero-order valence-corrected chi connectivity index (χ0v) is 19.8. The smallest absolute Gasteiger partial charge is 0.331 e. The third-order valence-corrected chi connectivity index (χ3v) is 7.44. The fourth-order valence-electron chi connectivity index (χ4n) is 4.48.